The topological polar surface area (TPSA) is 31.5 Å². The van der Waals surface area contributed by atoms with E-state index in [1.807, 2.05) is 0 Å². The molecular formula is C24H18I4O. The Morgan fingerprint density at radius 3 is 0.552 bits per heavy atom. The summed E-state index contributed by atoms with van der Waals surface area (Å²) >= 11 is 9.28. The Hall–Kier alpha value is -0.240. The van der Waals surface area contributed by atoms with Crippen LogP contribution in [0.2, 0.25) is 0 Å². The minimum atomic E-state index is 0. The van der Waals surface area contributed by atoms with Crippen molar-refractivity contribution < 1.29 is 5.48 Å². The Labute approximate surface area is 226 Å². The fourth-order valence-corrected chi connectivity index (χ4v) is 4.01. The van der Waals surface area contributed by atoms with Crippen LogP contribution in [0.4, 0.5) is 0 Å². The lowest BCUT2D eigenvalue weighted by molar-refractivity contribution is 0.824. The van der Waals surface area contributed by atoms with E-state index < -0.39 is 0 Å². The van der Waals surface area contributed by atoms with Gasteiger partial charge in [-0.2, -0.15) is 0 Å². The zero-order valence-corrected chi connectivity index (χ0v) is 23.9. The second-order valence-electron chi connectivity index (χ2n) is 6.03. The number of hydrogen-bond donors (Lipinski definition) is 0. The molecule has 1 nitrogen and oxygen atoms in total. The molecule has 0 amide bonds. The van der Waals surface area contributed by atoms with Gasteiger partial charge in [0.2, 0.25) is 0 Å². The third-order valence-corrected chi connectivity index (χ3v) is 6.92. The molecule has 0 aliphatic rings. The van der Waals surface area contributed by atoms with Gasteiger partial charge in [-0.3, -0.25) is 0 Å². The highest BCUT2D eigenvalue weighted by Crippen LogP contribution is 2.22. The van der Waals surface area contributed by atoms with Crippen molar-refractivity contribution in [3.63, 3.8) is 0 Å². The van der Waals surface area contributed by atoms with Crippen molar-refractivity contribution in [3.8, 4) is 22.3 Å². The van der Waals surface area contributed by atoms with E-state index in [1.54, 1.807) is 0 Å². The predicted octanol–water partition coefficient (Wildman–Crippen LogP) is 8.30. The lowest BCUT2D eigenvalue weighted by Gasteiger charge is -2.01. The number of hydrogen-bond acceptors (Lipinski definition) is 0. The van der Waals surface area contributed by atoms with Crippen molar-refractivity contribution >= 4 is 90.4 Å². The van der Waals surface area contributed by atoms with E-state index in [0.717, 1.165) is 0 Å². The smallest absolute Gasteiger partial charge is 0.0130 e. The Morgan fingerprint density at radius 1 is 0.276 bits per heavy atom. The van der Waals surface area contributed by atoms with E-state index >= 15 is 0 Å². The molecular weight excluding hydrogens is 812 g/mol. The molecule has 0 fully saturated rings. The van der Waals surface area contributed by atoms with Gasteiger partial charge in [0, 0.05) is 14.3 Å². The quantitative estimate of drug-likeness (QED) is 0.182. The summed E-state index contributed by atoms with van der Waals surface area (Å²) in [6.45, 7) is 0. The van der Waals surface area contributed by atoms with Crippen LogP contribution in [-0.2, 0) is 0 Å². The molecule has 4 rings (SSSR count). The molecule has 148 valence electrons. The molecule has 0 aromatic heterocycles. The average Bonchev–Trinajstić information content (AvgIpc) is 2.71. The van der Waals surface area contributed by atoms with Crippen molar-refractivity contribution in [1.29, 1.82) is 0 Å². The van der Waals surface area contributed by atoms with E-state index in [2.05, 4.69) is 187 Å². The fourth-order valence-electron chi connectivity index (χ4n) is 2.57. The molecule has 0 atom stereocenters. The number of benzene rings is 4. The number of halogens is 4. The SMILES string of the molecule is Ic1ccc(-c2ccc(I)cc2)cc1.Ic1ccc(-c2ccc(I)cc2)cc1.O. The van der Waals surface area contributed by atoms with Gasteiger partial charge in [-0.1, -0.05) is 48.5 Å². The van der Waals surface area contributed by atoms with Crippen LogP contribution >= 0.6 is 90.4 Å². The van der Waals surface area contributed by atoms with Crippen molar-refractivity contribution in [2.24, 2.45) is 0 Å². The van der Waals surface area contributed by atoms with Crippen LogP contribution in [0, 0.1) is 14.3 Å². The molecule has 0 heterocycles. The van der Waals surface area contributed by atoms with Gasteiger partial charge in [-0.25, -0.2) is 0 Å². The first kappa shape index (κ1) is 25.0. The van der Waals surface area contributed by atoms with E-state index in [4.69, 9.17) is 0 Å². The summed E-state index contributed by atoms with van der Waals surface area (Å²) < 4.78 is 5.10. The van der Waals surface area contributed by atoms with Crippen molar-refractivity contribution in [1.82, 2.24) is 0 Å². The zero-order valence-electron chi connectivity index (χ0n) is 15.2. The largest absolute Gasteiger partial charge is 0.412 e. The van der Waals surface area contributed by atoms with Crippen LogP contribution in [0.25, 0.3) is 22.3 Å². The maximum absolute atomic E-state index is 2.32. The highest BCUT2D eigenvalue weighted by Gasteiger charge is 1.97. The van der Waals surface area contributed by atoms with Crippen LogP contribution in [0.3, 0.4) is 0 Å². The first-order chi connectivity index (χ1) is 13.5. The Bertz CT molecular complexity index is 836. The molecule has 0 aliphatic carbocycles. The van der Waals surface area contributed by atoms with Crippen LogP contribution in [0.15, 0.2) is 97.1 Å². The van der Waals surface area contributed by atoms with E-state index in [0.29, 0.717) is 0 Å². The van der Waals surface area contributed by atoms with Crippen LogP contribution < -0.4 is 0 Å². The van der Waals surface area contributed by atoms with E-state index in [-0.39, 0.29) is 5.48 Å². The summed E-state index contributed by atoms with van der Waals surface area (Å²) in [4.78, 5) is 0. The molecule has 0 spiro atoms. The Morgan fingerprint density at radius 2 is 0.414 bits per heavy atom. The summed E-state index contributed by atoms with van der Waals surface area (Å²) in [5, 5.41) is 0. The van der Waals surface area contributed by atoms with Crippen LogP contribution in [0.1, 0.15) is 0 Å². The van der Waals surface area contributed by atoms with Gasteiger partial charge in [0.1, 0.15) is 0 Å². The number of rotatable bonds is 2. The molecule has 0 saturated heterocycles. The lowest BCUT2D eigenvalue weighted by Crippen LogP contribution is -1.78. The van der Waals surface area contributed by atoms with Gasteiger partial charge in [0.25, 0.3) is 0 Å². The maximum Gasteiger partial charge on any atom is 0.0130 e. The molecule has 4 aromatic rings. The third-order valence-electron chi connectivity index (χ3n) is 4.04. The predicted molar refractivity (Wildman–Crippen MR) is 158 cm³/mol. The lowest BCUT2D eigenvalue weighted by atomic mass is 10.1. The highest BCUT2D eigenvalue weighted by atomic mass is 127. The van der Waals surface area contributed by atoms with E-state index in [1.165, 1.54) is 36.5 Å². The molecule has 0 unspecified atom stereocenters. The molecule has 5 heteroatoms. The minimum absolute atomic E-state index is 0. The Balaban J connectivity index is 0.000000200. The first-order valence-corrected chi connectivity index (χ1v) is 12.9. The van der Waals surface area contributed by atoms with Gasteiger partial charge < -0.3 is 5.48 Å². The molecule has 4 aromatic carbocycles. The highest BCUT2D eigenvalue weighted by molar-refractivity contribution is 14.1. The maximum atomic E-state index is 2.32. The molecule has 0 aliphatic heterocycles. The van der Waals surface area contributed by atoms with Crippen LogP contribution in [-0.4, -0.2) is 5.48 Å². The summed E-state index contributed by atoms with van der Waals surface area (Å²) in [7, 11) is 0. The van der Waals surface area contributed by atoms with Crippen LogP contribution in [0.5, 0.6) is 0 Å². The second-order valence-corrected chi connectivity index (χ2v) is 11.0. The van der Waals surface area contributed by atoms with Gasteiger partial charge >= 0.3 is 0 Å². The summed E-state index contributed by atoms with van der Waals surface area (Å²) in [5.41, 5.74) is 5.12. The first-order valence-electron chi connectivity index (χ1n) is 8.54. The summed E-state index contributed by atoms with van der Waals surface area (Å²) in [6, 6.07) is 34.3. The normalized spacial score (nSPS) is 9.79. The second kappa shape index (κ2) is 12.6. The monoisotopic (exact) mass is 830 g/mol. The minimum Gasteiger partial charge on any atom is -0.412 e. The molecule has 0 radical (unpaired) electrons. The van der Waals surface area contributed by atoms with Gasteiger partial charge in [-0.15, -0.1) is 0 Å². The summed E-state index contributed by atoms with van der Waals surface area (Å²) in [6.07, 6.45) is 0. The van der Waals surface area contributed by atoms with Crippen molar-refractivity contribution in [2.45, 2.75) is 0 Å². The third kappa shape index (κ3) is 8.08. The molecule has 0 saturated carbocycles. The average molecular weight is 830 g/mol. The van der Waals surface area contributed by atoms with Gasteiger partial charge in [0.05, 0.1) is 0 Å². The van der Waals surface area contributed by atoms with Gasteiger partial charge in [-0.05, 0) is 161 Å². The summed E-state index contributed by atoms with van der Waals surface area (Å²) in [5.74, 6) is 0. The van der Waals surface area contributed by atoms with Gasteiger partial charge in [0.15, 0.2) is 0 Å². The molecule has 0 bridgehead atoms. The van der Waals surface area contributed by atoms with E-state index in [9.17, 15) is 0 Å². The standard InChI is InChI=1S/2C12H8I2.H2O/c2*13-11-5-1-9(2-6-11)10-3-7-12(14)8-4-10;/h2*1-8H;1H2. The molecule has 29 heavy (non-hydrogen) atoms. The fraction of sp³-hybridized carbons (Fsp3) is 0. The Kier molecular flexibility index (Phi) is 10.9. The van der Waals surface area contributed by atoms with Crippen molar-refractivity contribution in [3.05, 3.63) is 111 Å². The van der Waals surface area contributed by atoms with Crippen molar-refractivity contribution in [2.75, 3.05) is 0 Å². The molecule has 2 N–H and O–H groups in total. The zero-order chi connectivity index (χ0) is 19.9.